The molecule has 7 heteroatoms. The Morgan fingerprint density at radius 1 is 1.50 bits per heavy atom. The first kappa shape index (κ1) is 13.7. The summed E-state index contributed by atoms with van der Waals surface area (Å²) < 4.78 is 0. The smallest absolute Gasteiger partial charge is 0.244 e. The van der Waals surface area contributed by atoms with Crippen molar-refractivity contribution in [1.82, 2.24) is 10.2 Å². The minimum Gasteiger partial charge on any atom is -0.374 e. The highest BCUT2D eigenvalue weighted by Crippen LogP contribution is 2.39. The fraction of sp³-hybridized carbons (Fsp3) is 0.538. The first-order valence-electron chi connectivity index (χ1n) is 6.68. The van der Waals surface area contributed by atoms with Crippen molar-refractivity contribution in [2.24, 2.45) is 5.73 Å². The number of thiophene rings is 1. The lowest BCUT2D eigenvalue weighted by Gasteiger charge is -2.28. The molecule has 3 heterocycles. The topological polar surface area (TPSA) is 95.7 Å². The van der Waals surface area contributed by atoms with Gasteiger partial charge in [-0.3, -0.25) is 19.8 Å². The molecule has 20 heavy (non-hydrogen) atoms. The summed E-state index contributed by atoms with van der Waals surface area (Å²) in [5.41, 5.74) is 7.58. The van der Waals surface area contributed by atoms with Crippen LogP contribution in [0.2, 0.25) is 0 Å². The lowest BCUT2D eigenvalue weighted by Crippen LogP contribution is -2.46. The average molecular weight is 295 g/mol. The molecule has 2 aliphatic rings. The van der Waals surface area contributed by atoms with E-state index in [1.165, 1.54) is 0 Å². The van der Waals surface area contributed by atoms with Crippen LogP contribution in [-0.4, -0.2) is 27.9 Å². The van der Waals surface area contributed by atoms with E-state index in [4.69, 9.17) is 5.73 Å². The van der Waals surface area contributed by atoms with E-state index in [0.29, 0.717) is 32.4 Å². The molecule has 2 atom stereocenters. The van der Waals surface area contributed by atoms with Gasteiger partial charge < -0.3 is 10.8 Å². The van der Waals surface area contributed by atoms with Gasteiger partial charge in [-0.2, -0.15) is 0 Å². The first-order valence-corrected chi connectivity index (χ1v) is 7.56. The van der Waals surface area contributed by atoms with Gasteiger partial charge in [0.15, 0.2) is 0 Å². The van der Waals surface area contributed by atoms with Crippen LogP contribution in [0, 0.1) is 0 Å². The second-order valence-electron chi connectivity index (χ2n) is 5.16. The van der Waals surface area contributed by atoms with E-state index in [9.17, 15) is 14.7 Å². The number of amides is 2. The van der Waals surface area contributed by atoms with Crippen LogP contribution in [-0.2, 0) is 22.7 Å². The zero-order valence-corrected chi connectivity index (χ0v) is 11.8. The standard InChI is InChI=1S/C13H17N3O3S/c14-4-10-7-5-16(13(19)8(7)6-20-10)9-2-1-3-11(17)15-12(9)18/h6,9,13,19H,1-5,14H2,(H,15,17,18)/t9-,13?/m0/s1. The number of fused-ring (bicyclic) bond motifs is 1. The van der Waals surface area contributed by atoms with Gasteiger partial charge in [-0.1, -0.05) is 0 Å². The number of rotatable bonds is 2. The van der Waals surface area contributed by atoms with Gasteiger partial charge >= 0.3 is 0 Å². The fourth-order valence-electron chi connectivity index (χ4n) is 2.92. The molecule has 2 amide bonds. The molecule has 0 spiro atoms. The van der Waals surface area contributed by atoms with Gasteiger partial charge in [-0.05, 0) is 23.8 Å². The van der Waals surface area contributed by atoms with Gasteiger partial charge in [0.25, 0.3) is 0 Å². The first-order chi connectivity index (χ1) is 9.61. The molecular weight excluding hydrogens is 278 g/mol. The van der Waals surface area contributed by atoms with Crippen LogP contribution in [0.15, 0.2) is 5.38 Å². The highest BCUT2D eigenvalue weighted by atomic mass is 32.1. The van der Waals surface area contributed by atoms with E-state index in [2.05, 4.69) is 5.32 Å². The van der Waals surface area contributed by atoms with Crippen molar-refractivity contribution < 1.29 is 14.7 Å². The van der Waals surface area contributed by atoms with E-state index in [1.807, 2.05) is 5.38 Å². The van der Waals surface area contributed by atoms with Crippen LogP contribution in [0.1, 0.15) is 41.5 Å². The number of nitrogens with one attached hydrogen (secondary N) is 1. The summed E-state index contributed by atoms with van der Waals surface area (Å²) in [6.45, 7) is 0.953. The lowest BCUT2D eigenvalue weighted by atomic mass is 10.1. The molecule has 1 aromatic heterocycles. The molecule has 1 unspecified atom stereocenters. The summed E-state index contributed by atoms with van der Waals surface area (Å²) in [7, 11) is 0. The Labute approximate surface area is 120 Å². The van der Waals surface area contributed by atoms with Crippen molar-refractivity contribution in [3.8, 4) is 0 Å². The summed E-state index contributed by atoms with van der Waals surface area (Å²) in [6, 6.07) is -0.459. The SMILES string of the molecule is NCc1scc2c1CN([C@H]1CCCC(=O)NC1=O)C2O. The highest BCUT2D eigenvalue weighted by Gasteiger charge is 2.39. The van der Waals surface area contributed by atoms with E-state index in [1.54, 1.807) is 16.2 Å². The molecule has 1 saturated heterocycles. The molecular formula is C13H17N3O3S. The number of carbonyl (C=O) groups is 2. The minimum atomic E-state index is -0.787. The Hall–Kier alpha value is -1.28. The highest BCUT2D eigenvalue weighted by molar-refractivity contribution is 7.10. The average Bonchev–Trinajstić information content (AvgIpc) is 2.90. The monoisotopic (exact) mass is 295 g/mol. The zero-order valence-electron chi connectivity index (χ0n) is 11.0. The number of carbonyl (C=O) groups excluding carboxylic acids is 2. The van der Waals surface area contributed by atoms with E-state index >= 15 is 0 Å². The van der Waals surface area contributed by atoms with Gasteiger partial charge in [0.1, 0.15) is 6.23 Å². The van der Waals surface area contributed by atoms with Gasteiger partial charge in [0, 0.05) is 30.0 Å². The maximum atomic E-state index is 12.1. The fourth-order valence-corrected chi connectivity index (χ4v) is 3.87. The molecule has 3 rings (SSSR count). The number of aliphatic hydroxyl groups excluding tert-OH is 1. The van der Waals surface area contributed by atoms with Crippen LogP contribution < -0.4 is 11.1 Å². The number of hydrogen-bond donors (Lipinski definition) is 3. The molecule has 1 aromatic rings. The predicted octanol–water partition coefficient (Wildman–Crippen LogP) is 0.209. The van der Waals surface area contributed by atoms with E-state index in [0.717, 1.165) is 16.0 Å². The molecule has 0 aromatic carbocycles. The van der Waals surface area contributed by atoms with Gasteiger partial charge in [0.2, 0.25) is 11.8 Å². The summed E-state index contributed by atoms with van der Waals surface area (Å²) in [4.78, 5) is 26.3. The van der Waals surface area contributed by atoms with Gasteiger partial charge in [-0.25, -0.2) is 0 Å². The quantitative estimate of drug-likeness (QED) is 0.678. The number of nitrogens with zero attached hydrogens (tertiary/aromatic N) is 1. The summed E-state index contributed by atoms with van der Waals surface area (Å²) in [5.74, 6) is -0.544. The molecule has 1 fully saturated rings. The van der Waals surface area contributed by atoms with Gasteiger partial charge in [0.05, 0.1) is 6.04 Å². The predicted molar refractivity (Wildman–Crippen MR) is 73.5 cm³/mol. The molecule has 0 saturated carbocycles. The van der Waals surface area contributed by atoms with Crippen molar-refractivity contribution in [3.05, 3.63) is 21.4 Å². The van der Waals surface area contributed by atoms with Crippen LogP contribution in [0.25, 0.3) is 0 Å². The third-order valence-corrected chi connectivity index (χ3v) is 5.05. The summed E-state index contributed by atoms with van der Waals surface area (Å²) >= 11 is 1.54. The van der Waals surface area contributed by atoms with Crippen molar-refractivity contribution in [3.63, 3.8) is 0 Å². The second kappa shape index (κ2) is 5.25. The van der Waals surface area contributed by atoms with Crippen LogP contribution in [0.4, 0.5) is 0 Å². The van der Waals surface area contributed by atoms with Crippen molar-refractivity contribution in [2.75, 3.05) is 0 Å². The zero-order chi connectivity index (χ0) is 14.3. The molecule has 0 radical (unpaired) electrons. The second-order valence-corrected chi connectivity index (χ2v) is 6.13. The molecule has 0 aliphatic carbocycles. The molecule has 0 bridgehead atoms. The van der Waals surface area contributed by atoms with Crippen molar-refractivity contribution in [2.45, 2.75) is 44.6 Å². The Kier molecular flexibility index (Phi) is 3.59. The van der Waals surface area contributed by atoms with Crippen LogP contribution in [0.3, 0.4) is 0 Å². The molecule has 2 aliphatic heterocycles. The minimum absolute atomic E-state index is 0.233. The Morgan fingerprint density at radius 2 is 2.30 bits per heavy atom. The molecule has 6 nitrogen and oxygen atoms in total. The summed E-state index contributed by atoms with van der Waals surface area (Å²) in [5, 5.41) is 14.7. The number of nitrogens with two attached hydrogens (primary N) is 1. The third-order valence-electron chi connectivity index (χ3n) is 3.98. The number of aliphatic hydroxyl groups is 1. The van der Waals surface area contributed by atoms with Crippen molar-refractivity contribution >= 4 is 23.2 Å². The Balaban J connectivity index is 1.84. The normalized spacial score (nSPS) is 27.3. The summed E-state index contributed by atoms with van der Waals surface area (Å²) in [6.07, 6.45) is 0.814. The van der Waals surface area contributed by atoms with Crippen LogP contribution >= 0.6 is 11.3 Å². The number of hydrogen-bond acceptors (Lipinski definition) is 6. The lowest BCUT2D eigenvalue weighted by molar-refractivity contribution is -0.135. The maximum absolute atomic E-state index is 12.1. The van der Waals surface area contributed by atoms with E-state index < -0.39 is 12.3 Å². The molecule has 108 valence electrons. The van der Waals surface area contributed by atoms with Gasteiger partial charge in [-0.15, -0.1) is 11.3 Å². The van der Waals surface area contributed by atoms with Crippen molar-refractivity contribution in [1.29, 1.82) is 0 Å². The largest absolute Gasteiger partial charge is 0.374 e. The van der Waals surface area contributed by atoms with E-state index in [-0.39, 0.29) is 11.8 Å². The van der Waals surface area contributed by atoms with Crippen LogP contribution in [0.5, 0.6) is 0 Å². The number of imide groups is 1. The Morgan fingerprint density at radius 3 is 3.05 bits per heavy atom. The Bertz CT molecular complexity index is 557. The molecule has 4 N–H and O–H groups in total. The maximum Gasteiger partial charge on any atom is 0.244 e. The third kappa shape index (κ3) is 2.16.